The number of aromatic amines is 1. The fraction of sp³-hybridized carbons (Fsp3) is 0.556. The van der Waals surface area contributed by atoms with Crippen LogP contribution in [0.25, 0.3) is 0 Å². The predicted octanol–water partition coefficient (Wildman–Crippen LogP) is -2.85. The number of rotatable bonds is 2. The van der Waals surface area contributed by atoms with E-state index >= 15 is 0 Å². The molecule has 8 nitrogen and oxygen atoms in total. The molecule has 8 heteroatoms. The molecule has 1 saturated heterocycles. The van der Waals surface area contributed by atoms with Gasteiger partial charge in [-0.15, -0.1) is 0 Å². The zero-order valence-corrected chi connectivity index (χ0v) is 8.68. The first-order chi connectivity index (χ1) is 8.04. The number of nitrogens with one attached hydrogen (secondary N) is 1. The van der Waals surface area contributed by atoms with Crippen molar-refractivity contribution in [2.24, 2.45) is 0 Å². The summed E-state index contributed by atoms with van der Waals surface area (Å²) in [6, 6.07) is 1.09. The molecule has 1 aliphatic heterocycles. The Bertz CT molecular complexity index is 509. The highest BCUT2D eigenvalue weighted by Crippen LogP contribution is 2.27. The Balaban J connectivity index is 2.35. The van der Waals surface area contributed by atoms with Crippen LogP contribution in [0.4, 0.5) is 0 Å². The van der Waals surface area contributed by atoms with Crippen molar-refractivity contribution in [1.29, 1.82) is 0 Å². The van der Waals surface area contributed by atoms with Gasteiger partial charge < -0.3 is 20.1 Å². The van der Waals surface area contributed by atoms with Crippen LogP contribution in [0, 0.1) is 0 Å². The second kappa shape index (κ2) is 4.41. The fourth-order valence-electron chi connectivity index (χ4n) is 1.74. The van der Waals surface area contributed by atoms with Gasteiger partial charge in [0.15, 0.2) is 6.23 Å². The van der Waals surface area contributed by atoms with E-state index in [0.717, 1.165) is 16.8 Å². The number of ether oxygens (including phenoxy) is 1. The summed E-state index contributed by atoms with van der Waals surface area (Å²) in [6.07, 6.45) is -3.58. The number of aromatic nitrogens is 2. The summed E-state index contributed by atoms with van der Waals surface area (Å²) >= 11 is 0. The zero-order chi connectivity index (χ0) is 12.6. The highest BCUT2D eigenvalue weighted by Gasteiger charge is 2.43. The molecule has 2 rings (SSSR count). The molecule has 2 unspecified atom stereocenters. The summed E-state index contributed by atoms with van der Waals surface area (Å²) in [5.74, 6) is 0. The largest absolute Gasteiger partial charge is 0.394 e. The monoisotopic (exact) mass is 244 g/mol. The minimum absolute atomic E-state index is 0.479. The van der Waals surface area contributed by atoms with E-state index in [4.69, 9.17) is 9.84 Å². The van der Waals surface area contributed by atoms with Crippen LogP contribution >= 0.6 is 0 Å². The summed E-state index contributed by atoms with van der Waals surface area (Å²) in [7, 11) is 0. The van der Waals surface area contributed by atoms with E-state index in [1.54, 1.807) is 0 Å². The van der Waals surface area contributed by atoms with Crippen LogP contribution in [0.2, 0.25) is 0 Å². The Labute approximate surface area is 94.7 Å². The Hall–Kier alpha value is -1.48. The van der Waals surface area contributed by atoms with E-state index in [0.29, 0.717) is 0 Å². The predicted molar refractivity (Wildman–Crippen MR) is 54.3 cm³/mol. The highest BCUT2D eigenvalue weighted by molar-refractivity contribution is 4.92. The lowest BCUT2D eigenvalue weighted by molar-refractivity contribution is -0.0550. The quantitative estimate of drug-likeness (QED) is 0.444. The van der Waals surface area contributed by atoms with Crippen molar-refractivity contribution in [2.75, 3.05) is 6.61 Å². The minimum Gasteiger partial charge on any atom is -0.394 e. The molecular formula is C9H12N2O6. The molecular weight excluding hydrogens is 232 g/mol. The van der Waals surface area contributed by atoms with Crippen LogP contribution in [-0.2, 0) is 4.74 Å². The maximum Gasteiger partial charge on any atom is 0.330 e. The van der Waals surface area contributed by atoms with Crippen molar-refractivity contribution >= 4 is 0 Å². The molecule has 2 heterocycles. The normalized spacial score (nSPS) is 32.9. The first-order valence-electron chi connectivity index (χ1n) is 4.98. The van der Waals surface area contributed by atoms with Crippen molar-refractivity contribution in [1.82, 2.24) is 9.55 Å². The van der Waals surface area contributed by atoms with Crippen LogP contribution in [-0.4, -0.2) is 49.8 Å². The summed E-state index contributed by atoms with van der Waals surface area (Å²) in [4.78, 5) is 24.3. The lowest BCUT2D eigenvalue weighted by atomic mass is 10.1. The number of hydrogen-bond acceptors (Lipinski definition) is 6. The molecule has 1 aromatic rings. The smallest absolute Gasteiger partial charge is 0.330 e. The van der Waals surface area contributed by atoms with Gasteiger partial charge in [0.1, 0.15) is 18.3 Å². The molecule has 1 aromatic heterocycles. The third kappa shape index (κ3) is 2.03. The Morgan fingerprint density at radius 2 is 2.06 bits per heavy atom. The van der Waals surface area contributed by atoms with Crippen LogP contribution < -0.4 is 11.2 Å². The van der Waals surface area contributed by atoms with Gasteiger partial charge in [0.05, 0.1) is 6.61 Å². The van der Waals surface area contributed by atoms with Crippen LogP contribution in [0.3, 0.4) is 0 Å². The van der Waals surface area contributed by atoms with Crippen molar-refractivity contribution in [3.8, 4) is 0 Å². The number of aliphatic hydroxyl groups is 3. The minimum atomic E-state index is -1.35. The SMILES string of the molecule is O=c1ccn(C2O[C@H](CO)[C@@H](O)C2O)c(=O)[nH]1. The molecule has 0 bridgehead atoms. The number of aliphatic hydroxyl groups excluding tert-OH is 3. The van der Waals surface area contributed by atoms with Gasteiger partial charge in [-0.05, 0) is 0 Å². The first kappa shape index (κ1) is 12.0. The third-order valence-corrected chi connectivity index (χ3v) is 2.64. The Morgan fingerprint density at radius 3 is 2.59 bits per heavy atom. The number of nitrogens with zero attached hydrogens (tertiary/aromatic N) is 1. The molecule has 4 atom stereocenters. The molecule has 0 aliphatic carbocycles. The molecule has 0 aromatic carbocycles. The van der Waals surface area contributed by atoms with E-state index in [1.807, 2.05) is 4.98 Å². The Kier molecular flexibility index (Phi) is 3.11. The summed E-state index contributed by atoms with van der Waals surface area (Å²) in [6.45, 7) is -0.479. The topological polar surface area (TPSA) is 125 Å². The third-order valence-electron chi connectivity index (χ3n) is 2.64. The number of hydrogen-bond donors (Lipinski definition) is 4. The van der Waals surface area contributed by atoms with Gasteiger partial charge in [-0.2, -0.15) is 0 Å². The molecule has 17 heavy (non-hydrogen) atoms. The lowest BCUT2D eigenvalue weighted by Crippen LogP contribution is -2.37. The Morgan fingerprint density at radius 1 is 1.35 bits per heavy atom. The van der Waals surface area contributed by atoms with Crippen LogP contribution in [0.5, 0.6) is 0 Å². The molecule has 0 radical (unpaired) electrons. The van der Waals surface area contributed by atoms with Crippen molar-refractivity contribution < 1.29 is 20.1 Å². The highest BCUT2D eigenvalue weighted by atomic mass is 16.6. The van der Waals surface area contributed by atoms with Crippen molar-refractivity contribution in [3.05, 3.63) is 33.1 Å². The first-order valence-corrected chi connectivity index (χ1v) is 4.98. The maximum absolute atomic E-state index is 11.4. The maximum atomic E-state index is 11.4. The van der Waals surface area contributed by atoms with E-state index in [1.165, 1.54) is 0 Å². The van der Waals surface area contributed by atoms with Crippen molar-refractivity contribution in [2.45, 2.75) is 24.5 Å². The van der Waals surface area contributed by atoms with Gasteiger partial charge >= 0.3 is 5.69 Å². The molecule has 1 aliphatic rings. The van der Waals surface area contributed by atoms with E-state index in [2.05, 4.69) is 0 Å². The van der Waals surface area contributed by atoms with Gasteiger partial charge in [0, 0.05) is 12.3 Å². The van der Waals surface area contributed by atoms with Gasteiger partial charge in [0.2, 0.25) is 0 Å². The molecule has 1 fully saturated rings. The van der Waals surface area contributed by atoms with Crippen LogP contribution in [0.15, 0.2) is 21.9 Å². The fourth-order valence-corrected chi connectivity index (χ4v) is 1.74. The standard InChI is InChI=1S/C9H12N2O6/c12-3-4-6(14)7(15)8(17-4)11-2-1-5(13)10-9(11)16/h1-2,4,6-8,12,14-15H,3H2,(H,10,13,16)/t4-,6-,7?,8?/m1/s1. The van der Waals surface area contributed by atoms with E-state index in [9.17, 15) is 19.8 Å². The average molecular weight is 244 g/mol. The van der Waals surface area contributed by atoms with Gasteiger partial charge in [-0.1, -0.05) is 0 Å². The summed E-state index contributed by atoms with van der Waals surface area (Å²) in [5.41, 5.74) is -1.33. The van der Waals surface area contributed by atoms with E-state index < -0.39 is 42.4 Å². The second-order valence-corrected chi connectivity index (χ2v) is 3.75. The summed E-state index contributed by atoms with van der Waals surface area (Å²) < 4.78 is 6.08. The molecule has 0 amide bonds. The molecule has 0 saturated carbocycles. The zero-order valence-electron chi connectivity index (χ0n) is 8.68. The molecule has 0 spiro atoms. The van der Waals surface area contributed by atoms with E-state index in [-0.39, 0.29) is 0 Å². The summed E-state index contributed by atoms with van der Waals surface area (Å²) in [5, 5.41) is 28.1. The van der Waals surface area contributed by atoms with Gasteiger partial charge in [-0.25, -0.2) is 4.79 Å². The van der Waals surface area contributed by atoms with Crippen LogP contribution in [0.1, 0.15) is 6.23 Å². The van der Waals surface area contributed by atoms with Gasteiger partial charge in [0.25, 0.3) is 5.56 Å². The lowest BCUT2D eigenvalue weighted by Gasteiger charge is -2.16. The second-order valence-electron chi connectivity index (χ2n) is 3.75. The number of H-pyrrole nitrogens is 1. The molecule has 4 N–H and O–H groups in total. The molecule has 94 valence electrons. The van der Waals surface area contributed by atoms with Crippen molar-refractivity contribution in [3.63, 3.8) is 0 Å². The average Bonchev–Trinajstić information content (AvgIpc) is 2.57. The van der Waals surface area contributed by atoms with Gasteiger partial charge in [-0.3, -0.25) is 14.3 Å².